The first-order valence-electron chi connectivity index (χ1n) is 5.89. The highest BCUT2D eigenvalue weighted by Crippen LogP contribution is 2.36. The molecule has 0 aliphatic carbocycles. The maximum atomic E-state index is 12.9. The second-order valence-corrected chi connectivity index (χ2v) is 4.28. The normalized spacial score (nSPS) is 11.8. The van der Waals surface area contributed by atoms with Crippen molar-refractivity contribution in [2.45, 2.75) is 13.1 Å². The molecule has 2 heterocycles. The van der Waals surface area contributed by atoms with E-state index in [2.05, 4.69) is 15.4 Å². The molecule has 0 fully saturated rings. The van der Waals surface area contributed by atoms with Crippen LogP contribution < -0.4 is 0 Å². The Labute approximate surface area is 116 Å². The fraction of sp³-hybridized carbons (Fsp3) is 0.154. The van der Waals surface area contributed by atoms with Crippen LogP contribution in [-0.2, 0) is 6.18 Å². The lowest BCUT2D eigenvalue weighted by atomic mass is 10.1. The molecule has 0 aliphatic heterocycles. The predicted molar refractivity (Wildman–Crippen MR) is 65.0 cm³/mol. The molecule has 5 nitrogen and oxygen atoms in total. The van der Waals surface area contributed by atoms with Crippen molar-refractivity contribution in [3.63, 3.8) is 0 Å². The van der Waals surface area contributed by atoms with Gasteiger partial charge in [-0.05, 0) is 19.1 Å². The zero-order valence-corrected chi connectivity index (χ0v) is 10.7. The zero-order valence-electron chi connectivity index (χ0n) is 10.7. The van der Waals surface area contributed by atoms with Gasteiger partial charge in [0.2, 0.25) is 5.89 Å². The molecule has 0 bridgehead atoms. The van der Waals surface area contributed by atoms with Crippen LogP contribution in [-0.4, -0.2) is 15.4 Å². The van der Waals surface area contributed by atoms with Crippen molar-refractivity contribution in [2.24, 2.45) is 0 Å². The summed E-state index contributed by atoms with van der Waals surface area (Å²) in [4.78, 5) is 0. The fourth-order valence-corrected chi connectivity index (χ4v) is 1.82. The minimum atomic E-state index is -4.50. The molecule has 0 aliphatic rings. The van der Waals surface area contributed by atoms with Gasteiger partial charge in [0.1, 0.15) is 5.76 Å². The third-order valence-electron chi connectivity index (χ3n) is 2.73. The first kappa shape index (κ1) is 13.3. The van der Waals surface area contributed by atoms with Crippen LogP contribution in [0.2, 0.25) is 0 Å². The number of rotatable bonds is 2. The molecule has 2 aromatic heterocycles. The van der Waals surface area contributed by atoms with Crippen molar-refractivity contribution in [3.8, 4) is 23.0 Å². The average molecular weight is 295 g/mol. The summed E-state index contributed by atoms with van der Waals surface area (Å²) in [6.45, 7) is 1.67. The second-order valence-electron chi connectivity index (χ2n) is 4.28. The molecule has 0 amide bonds. The lowest BCUT2D eigenvalue weighted by Crippen LogP contribution is -2.06. The summed E-state index contributed by atoms with van der Waals surface area (Å²) in [5.41, 5.74) is -0.740. The number of hydrogen-bond donors (Lipinski definition) is 0. The smallest absolute Gasteiger partial charge is 0.414 e. The average Bonchev–Trinajstić information content (AvgIpc) is 3.06. The number of halogens is 3. The Bertz CT molecular complexity index is 777. The van der Waals surface area contributed by atoms with E-state index in [1.807, 2.05) is 0 Å². The van der Waals surface area contributed by atoms with Crippen molar-refractivity contribution >= 4 is 0 Å². The van der Waals surface area contributed by atoms with E-state index in [-0.39, 0.29) is 23.0 Å². The second kappa shape index (κ2) is 4.72. The molecule has 0 N–H and O–H groups in total. The predicted octanol–water partition coefficient (Wildman–Crippen LogP) is 3.72. The summed E-state index contributed by atoms with van der Waals surface area (Å²) in [5.74, 6) is 0.304. The van der Waals surface area contributed by atoms with Crippen molar-refractivity contribution in [3.05, 3.63) is 41.7 Å². The molecule has 3 aromatic rings. The van der Waals surface area contributed by atoms with Gasteiger partial charge < -0.3 is 8.94 Å². The minimum absolute atomic E-state index is 0.00109. The van der Waals surface area contributed by atoms with Crippen LogP contribution in [0.5, 0.6) is 0 Å². The standard InChI is InChI=1S/C13H8F3N3O2/c1-7-6-10(19-21-7)12-18-17-11(20-12)8-4-2-3-5-9(8)13(14,15)16/h2-6H,1H3. The molecular weight excluding hydrogens is 287 g/mol. The van der Waals surface area contributed by atoms with Gasteiger partial charge in [-0.2, -0.15) is 13.2 Å². The van der Waals surface area contributed by atoms with Crippen LogP contribution in [0.25, 0.3) is 23.0 Å². The van der Waals surface area contributed by atoms with E-state index in [0.29, 0.717) is 5.76 Å². The maximum absolute atomic E-state index is 12.9. The van der Waals surface area contributed by atoms with Crippen LogP contribution in [0, 0.1) is 6.92 Å². The molecule has 0 spiro atoms. The Morgan fingerprint density at radius 1 is 1.05 bits per heavy atom. The van der Waals surface area contributed by atoms with Gasteiger partial charge in [-0.15, -0.1) is 10.2 Å². The van der Waals surface area contributed by atoms with Gasteiger partial charge in [0, 0.05) is 6.07 Å². The van der Waals surface area contributed by atoms with Gasteiger partial charge in [-0.1, -0.05) is 17.3 Å². The largest absolute Gasteiger partial charge is 0.417 e. The third-order valence-corrected chi connectivity index (χ3v) is 2.73. The van der Waals surface area contributed by atoms with Crippen LogP contribution >= 0.6 is 0 Å². The highest BCUT2D eigenvalue weighted by atomic mass is 19.4. The quantitative estimate of drug-likeness (QED) is 0.721. The summed E-state index contributed by atoms with van der Waals surface area (Å²) in [6.07, 6.45) is -4.50. The molecule has 108 valence electrons. The first-order chi connectivity index (χ1) is 9.95. The molecular formula is C13H8F3N3O2. The molecule has 3 rings (SSSR count). The van der Waals surface area contributed by atoms with E-state index >= 15 is 0 Å². The molecule has 0 radical (unpaired) electrons. The summed E-state index contributed by atoms with van der Waals surface area (Å²) < 4.78 is 49.0. The van der Waals surface area contributed by atoms with Crippen molar-refractivity contribution in [2.75, 3.05) is 0 Å². The van der Waals surface area contributed by atoms with Crippen molar-refractivity contribution < 1.29 is 22.1 Å². The number of aryl methyl sites for hydroxylation is 1. The van der Waals surface area contributed by atoms with Gasteiger partial charge in [0.25, 0.3) is 5.89 Å². The van der Waals surface area contributed by atoms with Gasteiger partial charge in [0.15, 0.2) is 5.69 Å². The van der Waals surface area contributed by atoms with Gasteiger partial charge in [-0.25, -0.2) is 0 Å². The van der Waals surface area contributed by atoms with E-state index in [1.54, 1.807) is 13.0 Å². The van der Waals surface area contributed by atoms with Crippen LogP contribution in [0.3, 0.4) is 0 Å². The van der Waals surface area contributed by atoms with Gasteiger partial charge >= 0.3 is 6.18 Å². The van der Waals surface area contributed by atoms with Crippen molar-refractivity contribution in [1.29, 1.82) is 0 Å². The van der Waals surface area contributed by atoms with E-state index < -0.39 is 11.7 Å². The number of benzene rings is 1. The molecule has 0 unspecified atom stereocenters. The van der Waals surface area contributed by atoms with E-state index in [9.17, 15) is 13.2 Å². The number of hydrogen-bond acceptors (Lipinski definition) is 5. The van der Waals surface area contributed by atoms with E-state index in [1.165, 1.54) is 18.2 Å². The summed E-state index contributed by atoms with van der Waals surface area (Å²) in [5, 5.41) is 11.0. The number of aromatic nitrogens is 3. The molecule has 0 atom stereocenters. The Morgan fingerprint density at radius 2 is 1.76 bits per heavy atom. The molecule has 21 heavy (non-hydrogen) atoms. The van der Waals surface area contributed by atoms with Gasteiger partial charge in [-0.3, -0.25) is 0 Å². The summed E-state index contributed by atoms with van der Waals surface area (Å²) >= 11 is 0. The lowest BCUT2D eigenvalue weighted by molar-refractivity contribution is -0.137. The SMILES string of the molecule is Cc1cc(-c2nnc(-c3ccccc3C(F)(F)F)o2)no1. The lowest BCUT2D eigenvalue weighted by Gasteiger charge is -2.09. The van der Waals surface area contributed by atoms with Crippen LogP contribution in [0.4, 0.5) is 13.2 Å². The van der Waals surface area contributed by atoms with E-state index in [4.69, 9.17) is 8.94 Å². The molecule has 0 saturated heterocycles. The fourth-order valence-electron chi connectivity index (χ4n) is 1.82. The van der Waals surface area contributed by atoms with Crippen LogP contribution in [0.15, 0.2) is 39.3 Å². The first-order valence-corrected chi connectivity index (χ1v) is 5.89. The highest BCUT2D eigenvalue weighted by Gasteiger charge is 2.34. The highest BCUT2D eigenvalue weighted by molar-refractivity contribution is 5.60. The van der Waals surface area contributed by atoms with Gasteiger partial charge in [0.05, 0.1) is 11.1 Å². The molecule has 8 heteroatoms. The zero-order chi connectivity index (χ0) is 15.0. The Hall–Kier alpha value is -2.64. The van der Waals surface area contributed by atoms with Crippen molar-refractivity contribution in [1.82, 2.24) is 15.4 Å². The van der Waals surface area contributed by atoms with Crippen LogP contribution in [0.1, 0.15) is 11.3 Å². The monoisotopic (exact) mass is 295 g/mol. The molecule has 0 saturated carbocycles. The Balaban J connectivity index is 2.05. The maximum Gasteiger partial charge on any atom is 0.417 e. The Kier molecular flexibility index (Phi) is 3.00. The summed E-state index contributed by atoms with van der Waals surface area (Å²) in [7, 11) is 0. The number of nitrogens with zero attached hydrogens (tertiary/aromatic N) is 3. The minimum Gasteiger partial charge on any atom is -0.414 e. The topological polar surface area (TPSA) is 65.0 Å². The summed E-state index contributed by atoms with van der Waals surface area (Å²) in [6, 6.07) is 6.54. The third kappa shape index (κ3) is 2.51. The molecule has 1 aromatic carbocycles. The Morgan fingerprint density at radius 3 is 2.43 bits per heavy atom. The van der Waals surface area contributed by atoms with E-state index in [0.717, 1.165) is 6.07 Å². The number of alkyl halides is 3.